The van der Waals surface area contributed by atoms with Crippen molar-refractivity contribution in [3.8, 4) is 22.3 Å². The summed E-state index contributed by atoms with van der Waals surface area (Å²) in [6, 6.07) is 84.0. The van der Waals surface area contributed by atoms with Gasteiger partial charge in [0.05, 0.1) is 11.4 Å². The van der Waals surface area contributed by atoms with Gasteiger partial charge >= 0.3 is 0 Å². The van der Waals surface area contributed by atoms with E-state index in [4.69, 9.17) is 0 Å². The van der Waals surface area contributed by atoms with Crippen molar-refractivity contribution in [1.82, 2.24) is 0 Å². The van der Waals surface area contributed by atoms with E-state index in [0.29, 0.717) is 0 Å². The third kappa shape index (κ3) is 9.09. The summed E-state index contributed by atoms with van der Waals surface area (Å²) in [5.74, 6) is 0. The van der Waals surface area contributed by atoms with E-state index in [0.717, 1.165) is 25.7 Å². The van der Waals surface area contributed by atoms with Crippen LogP contribution < -0.4 is 9.80 Å². The predicted octanol–water partition coefficient (Wildman–Crippen LogP) is 23.1. The minimum atomic E-state index is 1.10. The normalized spacial score (nSPS) is 11.8. The largest absolute Gasteiger partial charge is 0.310 e. The van der Waals surface area contributed by atoms with E-state index < -0.39 is 0 Å². The number of aryl methyl sites for hydroxylation is 4. The van der Waals surface area contributed by atoms with Crippen LogP contribution in [-0.4, -0.2) is 0 Å². The molecule has 0 amide bonds. The van der Waals surface area contributed by atoms with Gasteiger partial charge in [0.1, 0.15) is 0 Å². The predicted molar refractivity (Wildman–Crippen MR) is 349 cm³/mol. The van der Waals surface area contributed by atoms with Gasteiger partial charge in [-0.05, 0) is 210 Å². The monoisotopic (exact) mass is 1040 g/mol. The zero-order valence-corrected chi connectivity index (χ0v) is 47.2. The molecule has 394 valence electrons. The number of benzene rings is 11. The van der Waals surface area contributed by atoms with Crippen molar-refractivity contribution in [2.75, 3.05) is 9.80 Å². The molecule has 2 nitrogen and oxygen atoms in total. The molecule has 13 rings (SSSR count). The Balaban J connectivity index is 1.10. The standard InChI is InChI=1S/C78H72N2/c1-5-9-21-53-33-41-59(42-34-53)79(60-43-35-54(36-44-60)22-10-6-2)69-51-49-67-73-63(69)29-19-31-65(73)75-71(57-25-15-13-16-26-57)76-66-32-20-30-64-70(52-50-68(74(64)66)78(76)72(77(67)75)58-27-17-14-18-28-58)80(61-45-37-55(38-46-61)23-11-7-3)62-47-39-56(40-48-62)24-12-8-4/h13-20,25-52H,5-12,21-24H2,1-4H3. The molecule has 13 aromatic rings. The van der Waals surface area contributed by atoms with Gasteiger partial charge in [-0.15, -0.1) is 0 Å². The summed E-state index contributed by atoms with van der Waals surface area (Å²) in [6.07, 6.45) is 13.9. The SMILES string of the molecule is CCCCc1ccc(N(c2ccc(CCCC)cc2)c2ccc3c4c(-c5ccccc5)c5c6ccc(N(c7ccc(CCCC)cc7)c7ccc(CCCC)cc7)c7cccc(c5c(-c5ccccc5)c4c4cccc2c43)c76)cc1. The first-order valence-electron chi connectivity index (χ1n) is 30.0. The molecule has 0 saturated carbocycles. The highest BCUT2D eigenvalue weighted by Crippen LogP contribution is 2.57. The number of nitrogens with zero attached hydrogens (tertiary/aromatic N) is 2. The quantitative estimate of drug-likeness (QED) is 0.0751. The highest BCUT2D eigenvalue weighted by atomic mass is 15.1. The lowest BCUT2D eigenvalue weighted by Gasteiger charge is -2.27. The smallest absolute Gasteiger partial charge is 0.0540 e. The fraction of sp³-hybridized carbons (Fsp3) is 0.205. The number of hydrogen-bond donors (Lipinski definition) is 0. The Hall–Kier alpha value is -8.46. The van der Waals surface area contributed by atoms with E-state index in [9.17, 15) is 0 Å². The zero-order valence-electron chi connectivity index (χ0n) is 47.2. The molecule has 0 saturated heterocycles. The van der Waals surface area contributed by atoms with Crippen molar-refractivity contribution in [3.05, 3.63) is 241 Å². The minimum absolute atomic E-state index is 1.10. The Kier molecular flexibility index (Phi) is 14.3. The minimum Gasteiger partial charge on any atom is -0.310 e. The second-order valence-electron chi connectivity index (χ2n) is 22.5. The summed E-state index contributed by atoms with van der Waals surface area (Å²) >= 11 is 0. The topological polar surface area (TPSA) is 6.48 Å². The molecule has 0 aliphatic carbocycles. The van der Waals surface area contributed by atoms with Gasteiger partial charge in [-0.25, -0.2) is 0 Å². The number of fused-ring (bicyclic) bond motifs is 6. The molecule has 0 atom stereocenters. The van der Waals surface area contributed by atoms with Gasteiger partial charge in [0.2, 0.25) is 0 Å². The van der Waals surface area contributed by atoms with Crippen molar-refractivity contribution in [3.63, 3.8) is 0 Å². The maximum atomic E-state index is 2.51. The van der Waals surface area contributed by atoms with Crippen LogP contribution in [0.2, 0.25) is 0 Å². The summed E-state index contributed by atoms with van der Waals surface area (Å²) in [4.78, 5) is 5.02. The van der Waals surface area contributed by atoms with E-state index in [1.165, 1.54) is 195 Å². The molecular weight excluding hydrogens is 965 g/mol. The molecule has 0 fully saturated rings. The molecule has 0 spiro atoms. The molecule has 0 heterocycles. The molecule has 0 aliphatic rings. The average molecular weight is 1040 g/mol. The first kappa shape index (κ1) is 51.0. The Morgan fingerprint density at radius 3 is 0.800 bits per heavy atom. The van der Waals surface area contributed by atoms with Gasteiger partial charge in [0.15, 0.2) is 0 Å². The molecule has 0 N–H and O–H groups in total. The summed E-state index contributed by atoms with van der Waals surface area (Å²) in [6.45, 7) is 9.11. The molecule has 0 radical (unpaired) electrons. The first-order chi connectivity index (χ1) is 39.6. The highest BCUT2D eigenvalue weighted by Gasteiger charge is 2.30. The van der Waals surface area contributed by atoms with Crippen molar-refractivity contribution < 1.29 is 0 Å². The van der Waals surface area contributed by atoms with E-state index in [1.807, 2.05) is 0 Å². The average Bonchev–Trinajstić information content (AvgIpc) is 4.20. The molecule has 80 heavy (non-hydrogen) atoms. The molecular formula is C78H72N2. The third-order valence-electron chi connectivity index (χ3n) is 17.3. The first-order valence-corrected chi connectivity index (χ1v) is 30.0. The molecule has 13 aromatic carbocycles. The Labute approximate surface area is 473 Å². The van der Waals surface area contributed by atoms with Crippen LogP contribution in [0.15, 0.2) is 218 Å². The number of anilines is 6. The van der Waals surface area contributed by atoms with Crippen LogP contribution >= 0.6 is 0 Å². The van der Waals surface area contributed by atoms with Crippen LogP contribution in [0.5, 0.6) is 0 Å². The molecule has 0 unspecified atom stereocenters. The van der Waals surface area contributed by atoms with Gasteiger partial charge in [-0.3, -0.25) is 0 Å². The molecule has 2 heteroatoms. The maximum absolute atomic E-state index is 2.51. The lowest BCUT2D eigenvalue weighted by atomic mass is 9.87. The highest BCUT2D eigenvalue weighted by molar-refractivity contribution is 6.47. The van der Waals surface area contributed by atoms with Crippen LogP contribution in [0, 0.1) is 0 Å². The van der Waals surface area contributed by atoms with E-state index in [2.05, 4.69) is 256 Å². The summed E-state index contributed by atoms with van der Waals surface area (Å²) in [5, 5.41) is 15.6. The second-order valence-corrected chi connectivity index (χ2v) is 22.5. The van der Waals surface area contributed by atoms with E-state index in [1.54, 1.807) is 0 Å². The van der Waals surface area contributed by atoms with Crippen LogP contribution in [0.3, 0.4) is 0 Å². The zero-order chi connectivity index (χ0) is 54.1. The van der Waals surface area contributed by atoms with Gasteiger partial charge < -0.3 is 9.80 Å². The van der Waals surface area contributed by atoms with Crippen molar-refractivity contribution >= 4 is 98.8 Å². The number of unbranched alkanes of at least 4 members (excludes halogenated alkanes) is 4. The Morgan fingerprint density at radius 2 is 0.512 bits per heavy atom. The fourth-order valence-electron chi connectivity index (χ4n) is 13.2. The summed E-state index contributed by atoms with van der Waals surface area (Å²) in [7, 11) is 0. The van der Waals surface area contributed by atoms with Crippen LogP contribution in [0.25, 0.3) is 86.9 Å². The van der Waals surface area contributed by atoms with E-state index >= 15 is 0 Å². The van der Waals surface area contributed by atoms with Gasteiger partial charge in [-0.2, -0.15) is 0 Å². The molecule has 0 aromatic heterocycles. The number of hydrogen-bond acceptors (Lipinski definition) is 2. The maximum Gasteiger partial charge on any atom is 0.0540 e. The lowest BCUT2D eigenvalue weighted by molar-refractivity contribution is 0.795. The van der Waals surface area contributed by atoms with Crippen LogP contribution in [0.4, 0.5) is 34.1 Å². The van der Waals surface area contributed by atoms with Crippen LogP contribution in [0.1, 0.15) is 101 Å². The third-order valence-corrected chi connectivity index (χ3v) is 17.3. The summed E-state index contributed by atoms with van der Waals surface area (Å²) < 4.78 is 0. The van der Waals surface area contributed by atoms with Crippen LogP contribution in [-0.2, 0) is 25.7 Å². The van der Waals surface area contributed by atoms with Crippen molar-refractivity contribution in [1.29, 1.82) is 0 Å². The molecule has 0 bridgehead atoms. The fourth-order valence-corrected chi connectivity index (χ4v) is 13.2. The summed E-state index contributed by atoms with van der Waals surface area (Å²) in [5.41, 5.74) is 17.7. The molecule has 0 aliphatic heterocycles. The Bertz CT molecular complexity index is 3800. The van der Waals surface area contributed by atoms with Crippen molar-refractivity contribution in [2.24, 2.45) is 0 Å². The second kappa shape index (κ2) is 22.4. The van der Waals surface area contributed by atoms with Gasteiger partial charge in [0, 0.05) is 33.5 Å². The van der Waals surface area contributed by atoms with Gasteiger partial charge in [-0.1, -0.05) is 211 Å². The number of rotatable bonds is 20. The van der Waals surface area contributed by atoms with Gasteiger partial charge in [0.25, 0.3) is 0 Å². The Morgan fingerprint density at radius 1 is 0.237 bits per heavy atom. The van der Waals surface area contributed by atoms with Crippen molar-refractivity contribution in [2.45, 2.75) is 105 Å². The lowest BCUT2D eigenvalue weighted by Crippen LogP contribution is -2.10. The van der Waals surface area contributed by atoms with E-state index in [-0.39, 0.29) is 0 Å².